The standard InChI is InChI=1S/C15H15FN2O2S/c1-11-3-4-12(2)15(9-11)21(19,20)18-17-10-13-5-7-14(16)8-6-13/h3-10,18H,1-2H3/b17-10-. The zero-order valence-corrected chi connectivity index (χ0v) is 12.5. The van der Waals surface area contributed by atoms with Gasteiger partial charge in [-0.05, 0) is 48.7 Å². The second-order valence-corrected chi connectivity index (χ2v) is 6.30. The molecule has 0 atom stereocenters. The van der Waals surface area contributed by atoms with Gasteiger partial charge in [-0.3, -0.25) is 0 Å². The van der Waals surface area contributed by atoms with Gasteiger partial charge >= 0.3 is 0 Å². The lowest BCUT2D eigenvalue weighted by molar-refractivity contribution is 0.584. The fourth-order valence-electron chi connectivity index (χ4n) is 1.77. The van der Waals surface area contributed by atoms with Gasteiger partial charge in [0, 0.05) is 0 Å². The number of hydrogen-bond acceptors (Lipinski definition) is 3. The van der Waals surface area contributed by atoms with Crippen LogP contribution in [0.3, 0.4) is 0 Å². The highest BCUT2D eigenvalue weighted by Crippen LogP contribution is 2.16. The van der Waals surface area contributed by atoms with Crippen LogP contribution in [0, 0.1) is 19.7 Å². The maximum atomic E-state index is 12.7. The van der Waals surface area contributed by atoms with Gasteiger partial charge in [0.05, 0.1) is 11.1 Å². The first-order valence-electron chi connectivity index (χ1n) is 6.26. The lowest BCUT2D eigenvalue weighted by Crippen LogP contribution is -2.19. The molecule has 6 heteroatoms. The molecule has 0 heterocycles. The fourth-order valence-corrected chi connectivity index (χ4v) is 2.89. The van der Waals surface area contributed by atoms with Crippen molar-refractivity contribution in [3.63, 3.8) is 0 Å². The van der Waals surface area contributed by atoms with Gasteiger partial charge in [-0.25, -0.2) is 9.22 Å². The number of halogens is 1. The van der Waals surface area contributed by atoms with Crippen molar-refractivity contribution < 1.29 is 12.8 Å². The van der Waals surface area contributed by atoms with E-state index in [9.17, 15) is 12.8 Å². The molecule has 0 aromatic heterocycles. The molecule has 0 aliphatic heterocycles. The van der Waals surface area contributed by atoms with Crippen LogP contribution in [0.15, 0.2) is 52.5 Å². The molecule has 0 amide bonds. The summed E-state index contributed by atoms with van der Waals surface area (Å²) in [5.74, 6) is -0.358. The van der Waals surface area contributed by atoms with Gasteiger partial charge in [-0.2, -0.15) is 13.5 Å². The zero-order valence-electron chi connectivity index (χ0n) is 11.7. The quantitative estimate of drug-likeness (QED) is 0.697. The van der Waals surface area contributed by atoms with Gasteiger partial charge in [0.15, 0.2) is 0 Å². The molecule has 4 nitrogen and oxygen atoms in total. The van der Waals surface area contributed by atoms with Crippen molar-refractivity contribution in [2.24, 2.45) is 5.10 Å². The average molecular weight is 306 g/mol. The van der Waals surface area contributed by atoms with E-state index in [1.165, 1.54) is 30.5 Å². The normalized spacial score (nSPS) is 11.8. The maximum Gasteiger partial charge on any atom is 0.276 e. The van der Waals surface area contributed by atoms with E-state index in [0.717, 1.165) is 5.56 Å². The Kier molecular flexibility index (Phi) is 4.37. The Morgan fingerprint density at radius 2 is 1.76 bits per heavy atom. The maximum absolute atomic E-state index is 12.7. The molecular formula is C15H15FN2O2S. The van der Waals surface area contributed by atoms with E-state index in [2.05, 4.69) is 9.93 Å². The monoisotopic (exact) mass is 306 g/mol. The number of hydrogen-bond donors (Lipinski definition) is 1. The Bertz CT molecular complexity index is 769. The smallest absolute Gasteiger partial charge is 0.207 e. The highest BCUT2D eigenvalue weighted by atomic mass is 32.2. The minimum atomic E-state index is -3.71. The average Bonchev–Trinajstić information content (AvgIpc) is 2.43. The summed E-state index contributed by atoms with van der Waals surface area (Å²) >= 11 is 0. The second kappa shape index (κ2) is 6.05. The summed E-state index contributed by atoms with van der Waals surface area (Å²) in [6.45, 7) is 3.54. The van der Waals surface area contributed by atoms with Crippen molar-refractivity contribution in [1.82, 2.24) is 4.83 Å². The van der Waals surface area contributed by atoms with Crippen molar-refractivity contribution in [3.8, 4) is 0 Å². The van der Waals surface area contributed by atoms with Gasteiger partial charge in [0.25, 0.3) is 10.0 Å². The number of aryl methyl sites for hydroxylation is 2. The van der Waals surface area contributed by atoms with Crippen LogP contribution in [-0.2, 0) is 10.0 Å². The first kappa shape index (κ1) is 15.2. The molecule has 1 N–H and O–H groups in total. The molecule has 0 fully saturated rings. The van der Waals surface area contributed by atoms with Crippen LogP contribution < -0.4 is 4.83 Å². The van der Waals surface area contributed by atoms with E-state index in [1.807, 2.05) is 13.0 Å². The van der Waals surface area contributed by atoms with E-state index >= 15 is 0 Å². The molecule has 0 aliphatic carbocycles. The van der Waals surface area contributed by atoms with Crippen molar-refractivity contribution in [2.45, 2.75) is 18.7 Å². The molecule has 0 spiro atoms. The summed E-state index contributed by atoms with van der Waals surface area (Å²) in [7, 11) is -3.71. The highest BCUT2D eigenvalue weighted by Gasteiger charge is 2.15. The fraction of sp³-hybridized carbons (Fsp3) is 0.133. The van der Waals surface area contributed by atoms with Gasteiger partial charge in [-0.15, -0.1) is 0 Å². The highest BCUT2D eigenvalue weighted by molar-refractivity contribution is 7.89. The topological polar surface area (TPSA) is 58.5 Å². The molecule has 21 heavy (non-hydrogen) atoms. The first-order chi connectivity index (χ1) is 9.88. The molecule has 2 aromatic carbocycles. The van der Waals surface area contributed by atoms with Gasteiger partial charge < -0.3 is 0 Å². The number of sulfonamides is 1. The molecule has 0 saturated carbocycles. The van der Waals surface area contributed by atoms with Crippen LogP contribution in [0.1, 0.15) is 16.7 Å². The lowest BCUT2D eigenvalue weighted by Gasteiger charge is -2.07. The first-order valence-corrected chi connectivity index (χ1v) is 7.74. The summed E-state index contributed by atoms with van der Waals surface area (Å²) < 4.78 is 37.1. The minimum Gasteiger partial charge on any atom is -0.207 e. The molecular weight excluding hydrogens is 291 g/mol. The zero-order chi connectivity index (χ0) is 15.5. The largest absolute Gasteiger partial charge is 0.276 e. The molecule has 0 saturated heterocycles. The molecule has 0 radical (unpaired) electrons. The summed E-state index contributed by atoms with van der Waals surface area (Å²) in [6, 6.07) is 10.7. The lowest BCUT2D eigenvalue weighted by atomic mass is 10.2. The molecule has 0 unspecified atom stereocenters. The summed E-state index contributed by atoms with van der Waals surface area (Å²) in [5, 5.41) is 3.70. The van der Waals surface area contributed by atoms with Crippen LogP contribution in [0.25, 0.3) is 0 Å². The molecule has 0 bridgehead atoms. The Hall–Kier alpha value is -2.21. The van der Waals surface area contributed by atoms with Gasteiger partial charge in [0.1, 0.15) is 5.82 Å². The van der Waals surface area contributed by atoms with Crippen LogP contribution in [0.4, 0.5) is 4.39 Å². The van der Waals surface area contributed by atoms with Crippen molar-refractivity contribution >= 4 is 16.2 Å². The predicted molar refractivity (Wildman–Crippen MR) is 80.2 cm³/mol. The van der Waals surface area contributed by atoms with E-state index in [-0.39, 0.29) is 10.7 Å². The van der Waals surface area contributed by atoms with Crippen molar-refractivity contribution in [1.29, 1.82) is 0 Å². The van der Waals surface area contributed by atoms with Gasteiger partial charge in [-0.1, -0.05) is 24.3 Å². The molecule has 110 valence electrons. The van der Waals surface area contributed by atoms with E-state index in [4.69, 9.17) is 0 Å². The molecule has 0 aliphatic rings. The van der Waals surface area contributed by atoms with Crippen molar-refractivity contribution in [2.75, 3.05) is 0 Å². The summed E-state index contributed by atoms with van der Waals surface area (Å²) in [4.78, 5) is 2.35. The number of benzene rings is 2. The van der Waals surface area contributed by atoms with E-state index in [0.29, 0.717) is 11.1 Å². The van der Waals surface area contributed by atoms with Gasteiger partial charge in [0.2, 0.25) is 0 Å². The SMILES string of the molecule is Cc1ccc(C)c(S(=O)(=O)N/N=C\c2ccc(F)cc2)c1. The third kappa shape index (κ3) is 3.88. The van der Waals surface area contributed by atoms with E-state index in [1.54, 1.807) is 19.1 Å². The Morgan fingerprint density at radius 3 is 2.43 bits per heavy atom. The van der Waals surface area contributed by atoms with E-state index < -0.39 is 10.0 Å². The third-order valence-electron chi connectivity index (χ3n) is 2.89. The Labute approximate surface area is 123 Å². The van der Waals surface area contributed by atoms with Crippen molar-refractivity contribution in [3.05, 3.63) is 65.0 Å². The predicted octanol–water partition coefficient (Wildman–Crippen LogP) is 2.75. The van der Waals surface area contributed by atoms with Crippen LogP contribution in [0.2, 0.25) is 0 Å². The molecule has 2 rings (SSSR count). The summed E-state index contributed by atoms with van der Waals surface area (Å²) in [5.41, 5.74) is 2.09. The molecule has 2 aromatic rings. The number of nitrogens with zero attached hydrogens (tertiary/aromatic N) is 1. The number of nitrogens with one attached hydrogen (secondary N) is 1. The third-order valence-corrected chi connectivity index (χ3v) is 4.25. The Morgan fingerprint density at radius 1 is 1.10 bits per heavy atom. The number of hydrazone groups is 1. The summed E-state index contributed by atoms with van der Waals surface area (Å²) in [6.07, 6.45) is 1.32. The number of rotatable bonds is 4. The second-order valence-electron chi connectivity index (χ2n) is 4.67. The van der Waals surface area contributed by atoms with Crippen LogP contribution in [0.5, 0.6) is 0 Å². The van der Waals surface area contributed by atoms with Crippen LogP contribution >= 0.6 is 0 Å². The van der Waals surface area contributed by atoms with Crippen LogP contribution in [-0.4, -0.2) is 14.6 Å². The minimum absolute atomic E-state index is 0.193. The Balaban J connectivity index is 2.18.